The summed E-state index contributed by atoms with van der Waals surface area (Å²) in [6, 6.07) is 6.36. The molecule has 0 saturated carbocycles. The van der Waals surface area contributed by atoms with Gasteiger partial charge in [0.2, 0.25) is 0 Å². The zero-order chi connectivity index (χ0) is 19.4. The molecule has 2 heterocycles. The molecule has 2 fully saturated rings. The summed E-state index contributed by atoms with van der Waals surface area (Å²) in [6.45, 7) is 5.77. The Labute approximate surface area is 159 Å². The maximum atomic E-state index is 12.7. The van der Waals surface area contributed by atoms with Crippen molar-refractivity contribution in [3.05, 3.63) is 35.4 Å². The number of benzene rings is 1. The molecular formula is C20H30F3N3O. The number of hydrogen-bond donors (Lipinski definition) is 1. The van der Waals surface area contributed by atoms with Crippen LogP contribution in [0.4, 0.5) is 13.2 Å². The summed E-state index contributed by atoms with van der Waals surface area (Å²) < 4.78 is 38.1. The lowest BCUT2D eigenvalue weighted by molar-refractivity contribution is -0.137. The number of rotatable bonds is 5. The van der Waals surface area contributed by atoms with Crippen LogP contribution >= 0.6 is 0 Å². The van der Waals surface area contributed by atoms with Crippen LogP contribution in [0.25, 0.3) is 0 Å². The lowest BCUT2D eigenvalue weighted by Crippen LogP contribution is -2.58. The summed E-state index contributed by atoms with van der Waals surface area (Å²) in [5, 5.41) is 9.50. The third kappa shape index (κ3) is 5.44. The summed E-state index contributed by atoms with van der Waals surface area (Å²) >= 11 is 0. The van der Waals surface area contributed by atoms with Gasteiger partial charge in [0.1, 0.15) is 0 Å². The van der Waals surface area contributed by atoms with E-state index in [0.717, 1.165) is 69.7 Å². The van der Waals surface area contributed by atoms with Gasteiger partial charge in [0, 0.05) is 44.9 Å². The standard InChI is InChI=1S/C20H30F3N3O/c1-24-9-6-18(7-10-24)26-12-11-25(15-19(26)8-13-27)14-16-2-4-17(5-3-16)20(21,22)23/h2-5,18-19,27H,6-15H2,1H3/t19-/m1/s1. The Balaban J connectivity index is 1.59. The third-order valence-electron chi connectivity index (χ3n) is 5.92. The highest BCUT2D eigenvalue weighted by Gasteiger charge is 2.33. The molecular weight excluding hydrogens is 355 g/mol. The monoisotopic (exact) mass is 385 g/mol. The van der Waals surface area contributed by atoms with Crippen molar-refractivity contribution in [2.75, 3.05) is 46.4 Å². The number of piperazine rings is 1. The fourth-order valence-electron chi connectivity index (χ4n) is 4.35. The Hall–Kier alpha value is -1.15. The number of aliphatic hydroxyl groups excluding tert-OH is 1. The Morgan fingerprint density at radius 3 is 2.30 bits per heavy atom. The second-order valence-electron chi connectivity index (χ2n) is 7.87. The van der Waals surface area contributed by atoms with Crippen LogP contribution in [-0.4, -0.2) is 78.3 Å². The number of aliphatic hydroxyl groups is 1. The van der Waals surface area contributed by atoms with Crippen molar-refractivity contribution in [1.82, 2.24) is 14.7 Å². The summed E-state index contributed by atoms with van der Waals surface area (Å²) in [7, 11) is 2.16. The molecule has 0 radical (unpaired) electrons. The zero-order valence-electron chi connectivity index (χ0n) is 16.0. The topological polar surface area (TPSA) is 30.0 Å². The first-order chi connectivity index (χ1) is 12.9. The number of halogens is 3. The van der Waals surface area contributed by atoms with Gasteiger partial charge >= 0.3 is 6.18 Å². The molecule has 1 atom stereocenters. The van der Waals surface area contributed by atoms with Gasteiger partial charge in [-0.05, 0) is 57.1 Å². The minimum Gasteiger partial charge on any atom is -0.396 e. The van der Waals surface area contributed by atoms with Gasteiger partial charge in [-0.15, -0.1) is 0 Å². The highest BCUT2D eigenvalue weighted by Crippen LogP contribution is 2.29. The van der Waals surface area contributed by atoms with Gasteiger partial charge in [-0.2, -0.15) is 13.2 Å². The number of hydrogen-bond acceptors (Lipinski definition) is 4. The molecule has 2 aliphatic rings. The van der Waals surface area contributed by atoms with Gasteiger partial charge in [-0.3, -0.25) is 9.80 Å². The van der Waals surface area contributed by atoms with Crippen LogP contribution in [0.1, 0.15) is 30.4 Å². The van der Waals surface area contributed by atoms with Crippen molar-refractivity contribution in [2.45, 2.75) is 44.1 Å². The van der Waals surface area contributed by atoms with Crippen molar-refractivity contribution in [3.63, 3.8) is 0 Å². The molecule has 2 aliphatic heterocycles. The summed E-state index contributed by atoms with van der Waals surface area (Å²) in [5.41, 5.74) is 0.301. The molecule has 152 valence electrons. The Bertz CT molecular complexity index is 585. The third-order valence-corrected chi connectivity index (χ3v) is 5.92. The van der Waals surface area contributed by atoms with Crippen LogP contribution in [0.15, 0.2) is 24.3 Å². The molecule has 1 N–H and O–H groups in total. The lowest BCUT2D eigenvalue weighted by Gasteiger charge is -2.47. The zero-order valence-corrected chi connectivity index (χ0v) is 16.0. The lowest BCUT2D eigenvalue weighted by atomic mass is 9.98. The van der Waals surface area contributed by atoms with Crippen LogP contribution in [0.2, 0.25) is 0 Å². The molecule has 0 aliphatic carbocycles. The maximum Gasteiger partial charge on any atom is 0.416 e. The second-order valence-corrected chi connectivity index (χ2v) is 7.87. The Morgan fingerprint density at radius 2 is 1.70 bits per heavy atom. The van der Waals surface area contributed by atoms with Crippen molar-refractivity contribution in [1.29, 1.82) is 0 Å². The first kappa shape index (κ1) is 20.6. The fourth-order valence-corrected chi connectivity index (χ4v) is 4.35. The predicted octanol–water partition coefficient (Wildman–Crippen LogP) is 2.67. The van der Waals surface area contributed by atoms with Crippen molar-refractivity contribution >= 4 is 0 Å². The Kier molecular flexibility index (Phi) is 6.78. The number of nitrogens with zero attached hydrogens (tertiary/aromatic N) is 3. The number of alkyl halides is 3. The SMILES string of the molecule is CN1CCC(N2CCN(Cc3ccc(C(F)(F)F)cc3)C[C@H]2CCO)CC1. The average Bonchev–Trinajstić information content (AvgIpc) is 2.63. The van der Waals surface area contributed by atoms with Crippen LogP contribution in [0, 0.1) is 0 Å². The maximum absolute atomic E-state index is 12.7. The minimum atomic E-state index is -4.29. The molecule has 2 saturated heterocycles. The normalized spacial score (nSPS) is 24.4. The van der Waals surface area contributed by atoms with E-state index < -0.39 is 11.7 Å². The molecule has 0 aromatic heterocycles. The van der Waals surface area contributed by atoms with Crippen LogP contribution in [-0.2, 0) is 12.7 Å². The summed E-state index contributed by atoms with van der Waals surface area (Å²) in [6.07, 6.45) is -1.21. The summed E-state index contributed by atoms with van der Waals surface area (Å²) in [4.78, 5) is 7.22. The van der Waals surface area contributed by atoms with E-state index in [-0.39, 0.29) is 6.61 Å². The van der Waals surface area contributed by atoms with E-state index in [1.807, 2.05) is 0 Å². The van der Waals surface area contributed by atoms with E-state index in [2.05, 4.69) is 21.7 Å². The van der Waals surface area contributed by atoms with Crippen molar-refractivity contribution < 1.29 is 18.3 Å². The fraction of sp³-hybridized carbons (Fsp3) is 0.700. The van der Waals surface area contributed by atoms with Crippen molar-refractivity contribution in [2.24, 2.45) is 0 Å². The van der Waals surface area contributed by atoms with Crippen LogP contribution in [0.5, 0.6) is 0 Å². The molecule has 4 nitrogen and oxygen atoms in total. The molecule has 1 aromatic carbocycles. The van der Waals surface area contributed by atoms with Crippen LogP contribution < -0.4 is 0 Å². The van der Waals surface area contributed by atoms with E-state index in [9.17, 15) is 18.3 Å². The van der Waals surface area contributed by atoms with E-state index >= 15 is 0 Å². The van der Waals surface area contributed by atoms with Gasteiger partial charge < -0.3 is 10.0 Å². The quantitative estimate of drug-likeness (QED) is 0.844. The van der Waals surface area contributed by atoms with Gasteiger partial charge in [-0.25, -0.2) is 0 Å². The highest BCUT2D eigenvalue weighted by molar-refractivity contribution is 5.24. The second kappa shape index (κ2) is 8.90. The van der Waals surface area contributed by atoms with Gasteiger partial charge in [0.25, 0.3) is 0 Å². The smallest absolute Gasteiger partial charge is 0.396 e. The van der Waals surface area contributed by atoms with E-state index in [1.165, 1.54) is 0 Å². The Morgan fingerprint density at radius 1 is 1.04 bits per heavy atom. The number of likely N-dealkylation sites (tertiary alicyclic amines) is 1. The van der Waals surface area contributed by atoms with E-state index in [0.29, 0.717) is 18.6 Å². The van der Waals surface area contributed by atoms with E-state index in [1.54, 1.807) is 12.1 Å². The highest BCUT2D eigenvalue weighted by atomic mass is 19.4. The molecule has 0 unspecified atom stereocenters. The van der Waals surface area contributed by atoms with Crippen molar-refractivity contribution in [3.8, 4) is 0 Å². The molecule has 27 heavy (non-hydrogen) atoms. The first-order valence-electron chi connectivity index (χ1n) is 9.80. The van der Waals surface area contributed by atoms with E-state index in [4.69, 9.17) is 0 Å². The van der Waals surface area contributed by atoms with Gasteiger partial charge in [0.15, 0.2) is 0 Å². The molecule has 0 bridgehead atoms. The molecule has 0 spiro atoms. The average molecular weight is 385 g/mol. The number of piperidine rings is 1. The molecule has 3 rings (SSSR count). The minimum absolute atomic E-state index is 0.169. The first-order valence-corrected chi connectivity index (χ1v) is 9.80. The summed E-state index contributed by atoms with van der Waals surface area (Å²) in [5.74, 6) is 0. The molecule has 1 aromatic rings. The van der Waals surface area contributed by atoms with Crippen LogP contribution in [0.3, 0.4) is 0 Å². The van der Waals surface area contributed by atoms with Gasteiger partial charge in [-0.1, -0.05) is 12.1 Å². The largest absolute Gasteiger partial charge is 0.416 e. The predicted molar refractivity (Wildman–Crippen MR) is 99.4 cm³/mol. The molecule has 0 amide bonds. The van der Waals surface area contributed by atoms with Gasteiger partial charge in [0.05, 0.1) is 5.56 Å². The molecule has 7 heteroatoms.